The Labute approximate surface area is 134 Å². The summed E-state index contributed by atoms with van der Waals surface area (Å²) in [5.41, 5.74) is 1.77. The van der Waals surface area contributed by atoms with Gasteiger partial charge in [0, 0.05) is 25.2 Å². The summed E-state index contributed by atoms with van der Waals surface area (Å²) in [4.78, 5) is 14.0. The number of hydrogen-bond donors (Lipinski definition) is 1. The molecule has 0 aliphatic heterocycles. The maximum absolute atomic E-state index is 13.5. The predicted octanol–water partition coefficient (Wildman–Crippen LogP) is 4.13. The molecule has 0 spiro atoms. The molecule has 0 saturated carbocycles. The number of para-hydroxylation sites is 1. The second-order valence-electron chi connectivity index (χ2n) is 5.31. The summed E-state index contributed by atoms with van der Waals surface area (Å²) >= 11 is 0. The van der Waals surface area contributed by atoms with Gasteiger partial charge in [0.05, 0.1) is 0 Å². The van der Waals surface area contributed by atoms with Crippen LogP contribution in [-0.4, -0.2) is 19.0 Å². The lowest BCUT2D eigenvalue weighted by atomic mass is 10.2. The van der Waals surface area contributed by atoms with Gasteiger partial charge in [-0.1, -0.05) is 18.2 Å². The number of halogens is 2. The zero-order chi connectivity index (χ0) is 16.8. The first-order valence-electron chi connectivity index (χ1n) is 7.56. The van der Waals surface area contributed by atoms with E-state index < -0.39 is 23.2 Å². The molecule has 1 amide bonds. The van der Waals surface area contributed by atoms with Crippen molar-refractivity contribution in [3.05, 3.63) is 59.7 Å². The lowest BCUT2D eigenvalue weighted by molar-refractivity contribution is -0.116. The molecular weight excluding hydrogens is 298 g/mol. The number of rotatable bonds is 6. The highest BCUT2D eigenvalue weighted by atomic mass is 19.1. The third kappa shape index (κ3) is 4.52. The Bertz CT molecular complexity index is 668. The average Bonchev–Trinajstić information content (AvgIpc) is 2.52. The van der Waals surface area contributed by atoms with Crippen molar-refractivity contribution < 1.29 is 13.6 Å². The Morgan fingerprint density at radius 2 is 1.78 bits per heavy atom. The number of carbonyl (C=O) groups is 1. The van der Waals surface area contributed by atoms with Crippen molar-refractivity contribution in [3.63, 3.8) is 0 Å². The van der Waals surface area contributed by atoms with Gasteiger partial charge in [-0.2, -0.15) is 0 Å². The van der Waals surface area contributed by atoms with Crippen LogP contribution in [0.5, 0.6) is 0 Å². The molecule has 2 aromatic rings. The molecule has 0 aliphatic carbocycles. The number of aryl methyl sites for hydroxylation is 1. The van der Waals surface area contributed by atoms with Crippen molar-refractivity contribution in [1.82, 2.24) is 0 Å². The van der Waals surface area contributed by atoms with Crippen LogP contribution in [0.3, 0.4) is 0 Å². The van der Waals surface area contributed by atoms with Crippen LogP contribution in [0.25, 0.3) is 0 Å². The minimum Gasteiger partial charge on any atom is -0.371 e. The number of hydrogen-bond acceptors (Lipinski definition) is 2. The van der Waals surface area contributed by atoms with Crippen molar-refractivity contribution in [3.8, 4) is 0 Å². The number of anilines is 2. The quantitative estimate of drug-likeness (QED) is 0.868. The Morgan fingerprint density at radius 1 is 1.13 bits per heavy atom. The maximum atomic E-state index is 13.5. The molecule has 0 unspecified atom stereocenters. The highest BCUT2D eigenvalue weighted by Gasteiger charge is 2.13. The third-order valence-corrected chi connectivity index (χ3v) is 3.58. The summed E-state index contributed by atoms with van der Waals surface area (Å²) < 4.78 is 27.0. The molecule has 122 valence electrons. The van der Waals surface area contributed by atoms with E-state index in [2.05, 4.69) is 5.32 Å². The summed E-state index contributed by atoms with van der Waals surface area (Å²) in [6, 6.07) is 11.5. The van der Waals surface area contributed by atoms with Crippen molar-refractivity contribution in [2.45, 2.75) is 20.3 Å². The van der Waals surface area contributed by atoms with Crippen LogP contribution in [0.4, 0.5) is 20.2 Å². The van der Waals surface area contributed by atoms with Crippen molar-refractivity contribution in [2.75, 3.05) is 23.3 Å². The lowest BCUT2D eigenvalue weighted by Crippen LogP contribution is -2.27. The van der Waals surface area contributed by atoms with Gasteiger partial charge in [-0.05, 0) is 43.7 Å². The van der Waals surface area contributed by atoms with Gasteiger partial charge in [-0.15, -0.1) is 0 Å². The Morgan fingerprint density at radius 3 is 2.39 bits per heavy atom. The minimum atomic E-state index is -0.774. The maximum Gasteiger partial charge on any atom is 0.226 e. The monoisotopic (exact) mass is 318 g/mol. The number of nitrogens with one attached hydrogen (secondary N) is 1. The fourth-order valence-corrected chi connectivity index (χ4v) is 2.35. The molecule has 23 heavy (non-hydrogen) atoms. The number of carbonyl (C=O) groups excluding carboxylic acids is 1. The van der Waals surface area contributed by atoms with Crippen molar-refractivity contribution >= 4 is 17.3 Å². The highest BCUT2D eigenvalue weighted by Crippen LogP contribution is 2.19. The smallest absolute Gasteiger partial charge is 0.226 e. The van der Waals surface area contributed by atoms with Crippen LogP contribution in [0, 0.1) is 18.6 Å². The molecule has 2 aromatic carbocycles. The van der Waals surface area contributed by atoms with E-state index in [9.17, 15) is 13.6 Å². The van der Waals surface area contributed by atoms with Crippen LogP contribution < -0.4 is 10.2 Å². The summed E-state index contributed by atoms with van der Waals surface area (Å²) in [5, 5.41) is 2.31. The van der Waals surface area contributed by atoms with Gasteiger partial charge >= 0.3 is 0 Å². The fraction of sp³-hybridized carbons (Fsp3) is 0.278. The summed E-state index contributed by atoms with van der Waals surface area (Å²) in [6.45, 7) is 5.22. The van der Waals surface area contributed by atoms with Gasteiger partial charge in [0.25, 0.3) is 0 Å². The molecule has 0 fully saturated rings. The van der Waals surface area contributed by atoms with Gasteiger partial charge in [-0.3, -0.25) is 4.79 Å². The number of amides is 1. The number of benzene rings is 2. The van der Waals surface area contributed by atoms with E-state index >= 15 is 0 Å². The summed E-state index contributed by atoms with van der Waals surface area (Å²) in [7, 11) is 0. The van der Waals surface area contributed by atoms with Gasteiger partial charge in [0.15, 0.2) is 0 Å². The van der Waals surface area contributed by atoms with Crippen LogP contribution in [0.1, 0.15) is 18.9 Å². The zero-order valence-corrected chi connectivity index (χ0v) is 13.3. The second kappa shape index (κ2) is 7.72. The van der Waals surface area contributed by atoms with E-state index in [1.54, 1.807) is 0 Å². The lowest BCUT2D eigenvalue weighted by Gasteiger charge is -2.23. The normalized spacial score (nSPS) is 10.4. The summed E-state index contributed by atoms with van der Waals surface area (Å²) in [5.74, 6) is -1.96. The highest BCUT2D eigenvalue weighted by molar-refractivity contribution is 5.91. The van der Waals surface area contributed by atoms with E-state index in [-0.39, 0.29) is 6.42 Å². The van der Waals surface area contributed by atoms with Crippen LogP contribution >= 0.6 is 0 Å². The topological polar surface area (TPSA) is 32.3 Å². The van der Waals surface area contributed by atoms with Crippen LogP contribution in [-0.2, 0) is 4.79 Å². The second-order valence-corrected chi connectivity index (χ2v) is 5.31. The first-order valence-corrected chi connectivity index (χ1v) is 7.56. The predicted molar refractivity (Wildman–Crippen MR) is 88.7 cm³/mol. The first kappa shape index (κ1) is 16.9. The molecule has 0 aliphatic rings. The van der Waals surface area contributed by atoms with E-state index in [1.165, 1.54) is 6.07 Å². The molecule has 3 nitrogen and oxygen atoms in total. The number of nitrogens with zero attached hydrogens (tertiary/aromatic N) is 1. The molecule has 2 rings (SSSR count). The summed E-state index contributed by atoms with van der Waals surface area (Å²) in [6.07, 6.45) is 0.148. The molecule has 1 N–H and O–H groups in total. The molecule has 0 bridgehead atoms. The Kier molecular flexibility index (Phi) is 5.68. The van der Waals surface area contributed by atoms with E-state index in [1.807, 2.05) is 43.0 Å². The molecular formula is C18H20F2N2O. The molecule has 0 saturated heterocycles. The SMILES string of the molecule is CCN(CCC(=O)Nc1c(F)cccc1F)c1cccc(C)c1. The minimum absolute atomic E-state index is 0.148. The molecule has 0 atom stereocenters. The fourth-order valence-electron chi connectivity index (χ4n) is 2.35. The van der Waals surface area contributed by atoms with Crippen LogP contribution in [0.2, 0.25) is 0 Å². The van der Waals surface area contributed by atoms with Gasteiger partial charge in [0.1, 0.15) is 17.3 Å². The van der Waals surface area contributed by atoms with E-state index in [0.29, 0.717) is 6.54 Å². The van der Waals surface area contributed by atoms with Crippen molar-refractivity contribution in [1.29, 1.82) is 0 Å². The van der Waals surface area contributed by atoms with Crippen molar-refractivity contribution in [2.24, 2.45) is 0 Å². The molecule has 0 aromatic heterocycles. The third-order valence-electron chi connectivity index (χ3n) is 3.58. The standard InChI is InChI=1S/C18H20F2N2O/c1-3-22(14-7-4-6-13(2)12-14)11-10-17(23)21-18-15(19)8-5-9-16(18)20/h4-9,12H,3,10-11H2,1-2H3,(H,21,23). The largest absolute Gasteiger partial charge is 0.371 e. The van der Waals surface area contributed by atoms with Gasteiger partial charge in [0.2, 0.25) is 5.91 Å². The van der Waals surface area contributed by atoms with E-state index in [4.69, 9.17) is 0 Å². The Balaban J connectivity index is 1.98. The molecule has 5 heteroatoms. The first-order chi connectivity index (χ1) is 11.0. The molecule has 0 heterocycles. The zero-order valence-electron chi connectivity index (χ0n) is 13.3. The van der Waals surface area contributed by atoms with E-state index in [0.717, 1.165) is 29.9 Å². The van der Waals surface area contributed by atoms with Gasteiger partial charge in [-0.25, -0.2) is 8.78 Å². The molecule has 0 radical (unpaired) electrons. The Hall–Kier alpha value is -2.43. The van der Waals surface area contributed by atoms with Gasteiger partial charge < -0.3 is 10.2 Å². The van der Waals surface area contributed by atoms with Crippen LogP contribution in [0.15, 0.2) is 42.5 Å². The average molecular weight is 318 g/mol.